The fourth-order valence-corrected chi connectivity index (χ4v) is 2.45. The van der Waals surface area contributed by atoms with Gasteiger partial charge in [-0.2, -0.15) is 10.2 Å². The number of rotatable bonds is 0. The molecule has 0 bridgehead atoms. The van der Waals surface area contributed by atoms with Crippen LogP contribution < -0.4 is 5.56 Å². The van der Waals surface area contributed by atoms with Gasteiger partial charge in [-0.1, -0.05) is 0 Å². The maximum Gasteiger partial charge on any atom is 0.262 e. The number of aromatic nitrogens is 6. The maximum atomic E-state index is 12.4. The standard InChI is InChI=1S/C12H10N6O/c1-6-3-9-17(2)12(19)8-4-13-11-7(5-14-15-11)10(8)18(9)16-6/h3-5H,1-2H3,(H,13,14,15). The zero-order chi connectivity index (χ0) is 13.1. The number of hydrogen-bond donors (Lipinski definition) is 1. The smallest absolute Gasteiger partial charge is 0.262 e. The highest BCUT2D eigenvalue weighted by atomic mass is 16.1. The van der Waals surface area contributed by atoms with Crippen LogP contribution in [0.25, 0.3) is 27.6 Å². The normalized spacial score (nSPS) is 11.9. The van der Waals surface area contributed by atoms with Crippen molar-refractivity contribution < 1.29 is 0 Å². The Morgan fingerprint density at radius 2 is 2.11 bits per heavy atom. The van der Waals surface area contributed by atoms with Gasteiger partial charge in [0.15, 0.2) is 5.65 Å². The third kappa shape index (κ3) is 1.16. The molecule has 0 radical (unpaired) electrons. The summed E-state index contributed by atoms with van der Waals surface area (Å²) in [4.78, 5) is 16.6. The molecule has 4 aromatic heterocycles. The van der Waals surface area contributed by atoms with Crippen molar-refractivity contribution in [3.8, 4) is 0 Å². The van der Waals surface area contributed by atoms with Crippen LogP contribution in [-0.2, 0) is 7.05 Å². The van der Waals surface area contributed by atoms with E-state index in [-0.39, 0.29) is 5.56 Å². The number of nitrogens with one attached hydrogen (secondary N) is 1. The van der Waals surface area contributed by atoms with Gasteiger partial charge in [-0.3, -0.25) is 14.5 Å². The van der Waals surface area contributed by atoms with Gasteiger partial charge in [-0.15, -0.1) is 0 Å². The van der Waals surface area contributed by atoms with Crippen LogP contribution in [0.2, 0.25) is 0 Å². The molecule has 4 heterocycles. The van der Waals surface area contributed by atoms with Crippen LogP contribution in [0.4, 0.5) is 0 Å². The zero-order valence-corrected chi connectivity index (χ0v) is 10.4. The highest BCUT2D eigenvalue weighted by Crippen LogP contribution is 2.20. The van der Waals surface area contributed by atoms with Crippen molar-refractivity contribution in [2.75, 3.05) is 0 Å². The fourth-order valence-electron chi connectivity index (χ4n) is 2.45. The fraction of sp³-hybridized carbons (Fsp3) is 0.167. The molecule has 94 valence electrons. The Labute approximate surface area is 106 Å². The number of hydrogen-bond acceptors (Lipinski definition) is 4. The molecule has 4 rings (SSSR count). The van der Waals surface area contributed by atoms with E-state index in [0.717, 1.165) is 22.2 Å². The quantitative estimate of drug-likeness (QED) is 0.502. The van der Waals surface area contributed by atoms with Gasteiger partial charge in [0.2, 0.25) is 0 Å². The Morgan fingerprint density at radius 3 is 2.95 bits per heavy atom. The molecule has 0 aliphatic heterocycles. The second-order valence-electron chi connectivity index (χ2n) is 4.57. The van der Waals surface area contributed by atoms with Gasteiger partial charge in [-0.05, 0) is 6.92 Å². The summed E-state index contributed by atoms with van der Waals surface area (Å²) in [6.45, 7) is 1.90. The second kappa shape index (κ2) is 3.19. The topological polar surface area (TPSA) is 80.9 Å². The van der Waals surface area contributed by atoms with Crippen LogP contribution in [0.5, 0.6) is 0 Å². The zero-order valence-electron chi connectivity index (χ0n) is 10.4. The van der Waals surface area contributed by atoms with Gasteiger partial charge < -0.3 is 0 Å². The average molecular weight is 254 g/mol. The Kier molecular flexibility index (Phi) is 1.72. The van der Waals surface area contributed by atoms with E-state index >= 15 is 0 Å². The number of fused-ring (bicyclic) bond motifs is 5. The van der Waals surface area contributed by atoms with Gasteiger partial charge in [0, 0.05) is 19.3 Å². The maximum absolute atomic E-state index is 12.4. The molecular weight excluding hydrogens is 244 g/mol. The third-order valence-corrected chi connectivity index (χ3v) is 3.36. The molecule has 0 spiro atoms. The van der Waals surface area contributed by atoms with Gasteiger partial charge in [-0.25, -0.2) is 9.50 Å². The van der Waals surface area contributed by atoms with Crippen molar-refractivity contribution in [3.63, 3.8) is 0 Å². The van der Waals surface area contributed by atoms with Gasteiger partial charge in [0.1, 0.15) is 5.65 Å². The summed E-state index contributed by atoms with van der Waals surface area (Å²) in [6, 6.07) is 1.88. The van der Waals surface area contributed by atoms with E-state index in [1.165, 1.54) is 0 Å². The van der Waals surface area contributed by atoms with Crippen LogP contribution in [0.3, 0.4) is 0 Å². The van der Waals surface area contributed by atoms with E-state index in [2.05, 4.69) is 20.3 Å². The first-order chi connectivity index (χ1) is 9.16. The van der Waals surface area contributed by atoms with E-state index in [0.29, 0.717) is 11.0 Å². The number of aryl methyl sites for hydroxylation is 2. The molecule has 7 heteroatoms. The number of aromatic amines is 1. The molecule has 0 saturated heterocycles. The highest BCUT2D eigenvalue weighted by Gasteiger charge is 2.14. The molecular formula is C12H10N6O. The summed E-state index contributed by atoms with van der Waals surface area (Å²) in [5.41, 5.74) is 2.91. The van der Waals surface area contributed by atoms with Gasteiger partial charge in [0.05, 0.1) is 28.2 Å². The number of nitrogens with zero attached hydrogens (tertiary/aromatic N) is 5. The SMILES string of the molecule is Cc1cc2n(C)c(=O)c3cnc4[nH]ncc4c3n2n1. The van der Waals surface area contributed by atoms with Gasteiger partial charge in [0.25, 0.3) is 5.56 Å². The summed E-state index contributed by atoms with van der Waals surface area (Å²) in [5.74, 6) is 0. The van der Waals surface area contributed by atoms with Crippen LogP contribution in [0, 0.1) is 6.92 Å². The molecule has 0 amide bonds. The second-order valence-corrected chi connectivity index (χ2v) is 4.57. The summed E-state index contributed by atoms with van der Waals surface area (Å²) in [6.07, 6.45) is 3.23. The molecule has 19 heavy (non-hydrogen) atoms. The molecule has 0 fully saturated rings. The summed E-state index contributed by atoms with van der Waals surface area (Å²) < 4.78 is 3.35. The Hall–Kier alpha value is -2.70. The van der Waals surface area contributed by atoms with Crippen LogP contribution in [-0.4, -0.2) is 29.4 Å². The number of pyridine rings is 1. The van der Waals surface area contributed by atoms with E-state index < -0.39 is 0 Å². The van der Waals surface area contributed by atoms with Crippen molar-refractivity contribution in [1.29, 1.82) is 0 Å². The molecule has 0 aliphatic carbocycles. The lowest BCUT2D eigenvalue weighted by Gasteiger charge is -2.06. The van der Waals surface area contributed by atoms with Crippen molar-refractivity contribution in [2.45, 2.75) is 6.92 Å². The first-order valence-electron chi connectivity index (χ1n) is 5.84. The Bertz CT molecular complexity index is 1010. The van der Waals surface area contributed by atoms with E-state index in [1.54, 1.807) is 28.5 Å². The van der Waals surface area contributed by atoms with E-state index in [9.17, 15) is 4.79 Å². The summed E-state index contributed by atoms with van der Waals surface area (Å²) >= 11 is 0. The largest absolute Gasteiger partial charge is 0.296 e. The molecule has 0 aliphatic rings. The molecule has 4 aromatic rings. The third-order valence-electron chi connectivity index (χ3n) is 3.36. The summed E-state index contributed by atoms with van der Waals surface area (Å²) in [7, 11) is 1.73. The monoisotopic (exact) mass is 254 g/mol. The first-order valence-corrected chi connectivity index (χ1v) is 5.84. The molecule has 0 atom stereocenters. The minimum absolute atomic E-state index is 0.0852. The first kappa shape index (κ1) is 10.2. The van der Waals surface area contributed by atoms with Crippen LogP contribution in [0.15, 0.2) is 23.3 Å². The summed E-state index contributed by atoms with van der Waals surface area (Å²) in [5, 5.41) is 12.6. The number of H-pyrrole nitrogens is 1. The molecule has 0 aromatic carbocycles. The van der Waals surface area contributed by atoms with Crippen molar-refractivity contribution in [1.82, 2.24) is 29.4 Å². The van der Waals surface area contributed by atoms with E-state index in [1.807, 2.05) is 13.0 Å². The Morgan fingerprint density at radius 1 is 1.26 bits per heavy atom. The van der Waals surface area contributed by atoms with Crippen molar-refractivity contribution in [3.05, 3.63) is 34.5 Å². The predicted molar refractivity (Wildman–Crippen MR) is 70.1 cm³/mol. The van der Waals surface area contributed by atoms with Crippen LogP contribution >= 0.6 is 0 Å². The van der Waals surface area contributed by atoms with Crippen molar-refractivity contribution in [2.24, 2.45) is 7.05 Å². The van der Waals surface area contributed by atoms with Crippen LogP contribution in [0.1, 0.15) is 5.69 Å². The highest BCUT2D eigenvalue weighted by molar-refractivity contribution is 6.01. The molecule has 7 nitrogen and oxygen atoms in total. The van der Waals surface area contributed by atoms with Gasteiger partial charge >= 0.3 is 0 Å². The lowest BCUT2D eigenvalue weighted by Crippen LogP contribution is -2.20. The minimum Gasteiger partial charge on any atom is -0.296 e. The van der Waals surface area contributed by atoms with Crippen molar-refractivity contribution >= 4 is 27.6 Å². The molecule has 0 unspecified atom stereocenters. The van der Waals surface area contributed by atoms with E-state index in [4.69, 9.17) is 0 Å². The minimum atomic E-state index is -0.0852. The predicted octanol–water partition coefficient (Wildman–Crippen LogP) is 0.766. The Balaban J connectivity index is 2.47. The average Bonchev–Trinajstić information content (AvgIpc) is 3.00. The molecule has 0 saturated carbocycles. The lowest BCUT2D eigenvalue weighted by molar-refractivity contribution is 0.846. The lowest BCUT2D eigenvalue weighted by atomic mass is 10.2. The molecule has 1 N–H and O–H groups in total.